The van der Waals surface area contributed by atoms with Gasteiger partial charge in [-0.25, -0.2) is 0 Å². The molecule has 3 nitrogen and oxygen atoms in total. The Morgan fingerprint density at radius 1 is 1.28 bits per heavy atom. The highest BCUT2D eigenvalue weighted by Gasteiger charge is 2.07. The van der Waals surface area contributed by atoms with Crippen molar-refractivity contribution >= 4 is 17.7 Å². The minimum absolute atomic E-state index is 0.541. The molecule has 18 heavy (non-hydrogen) atoms. The molecule has 0 aliphatic carbocycles. The van der Waals surface area contributed by atoms with Gasteiger partial charge in [0.2, 0.25) is 6.41 Å². The molecule has 1 amide bonds. The van der Waals surface area contributed by atoms with Gasteiger partial charge < -0.3 is 10.7 Å². The van der Waals surface area contributed by atoms with Crippen LogP contribution in [0.15, 0.2) is 29.8 Å². The lowest BCUT2D eigenvalue weighted by Gasteiger charge is -2.11. The van der Waals surface area contributed by atoms with Gasteiger partial charge in [0.15, 0.2) is 0 Å². The topological polar surface area (TPSA) is 53.0 Å². The molecule has 0 saturated heterocycles. The first-order valence-corrected chi connectivity index (χ1v) is 6.11. The van der Waals surface area contributed by atoms with Crippen molar-refractivity contribution in [2.75, 3.05) is 0 Å². The van der Waals surface area contributed by atoms with Gasteiger partial charge in [-0.1, -0.05) is 36.8 Å². The van der Waals surface area contributed by atoms with Crippen molar-refractivity contribution in [2.45, 2.75) is 33.7 Å². The maximum atomic E-state index is 10.2. The van der Waals surface area contributed by atoms with Crippen molar-refractivity contribution in [3.05, 3.63) is 41.0 Å². The van der Waals surface area contributed by atoms with Crippen molar-refractivity contribution in [1.82, 2.24) is 5.32 Å². The quantitative estimate of drug-likeness (QED) is 0.586. The summed E-state index contributed by atoms with van der Waals surface area (Å²) in [5.74, 6) is 0. The average molecular weight is 244 g/mol. The van der Waals surface area contributed by atoms with E-state index in [0.29, 0.717) is 18.7 Å². The van der Waals surface area contributed by atoms with E-state index in [9.17, 15) is 4.79 Å². The lowest BCUT2D eigenvalue weighted by molar-refractivity contribution is -0.109. The highest BCUT2D eigenvalue weighted by Crippen LogP contribution is 2.22. The molecule has 0 saturated carbocycles. The smallest absolute Gasteiger partial charge is 0.207 e. The Kier molecular flexibility index (Phi) is 5.31. The lowest BCUT2D eigenvalue weighted by atomic mass is 9.95. The monoisotopic (exact) mass is 244 g/mol. The van der Waals surface area contributed by atoms with Gasteiger partial charge in [-0.3, -0.25) is 4.79 Å². The summed E-state index contributed by atoms with van der Waals surface area (Å²) in [4.78, 5) is 10.2. The summed E-state index contributed by atoms with van der Waals surface area (Å²) in [6.45, 7) is 6.52. The Balaban J connectivity index is 3.02. The van der Waals surface area contributed by atoms with Gasteiger partial charge in [0.1, 0.15) is 0 Å². The van der Waals surface area contributed by atoms with Crippen LogP contribution in [0.3, 0.4) is 0 Å². The second kappa shape index (κ2) is 6.74. The van der Waals surface area contributed by atoms with E-state index in [4.69, 9.17) is 5.41 Å². The Bertz CT molecular complexity index is 458. The molecule has 0 aliphatic rings. The maximum absolute atomic E-state index is 10.2. The average Bonchev–Trinajstić information content (AvgIpc) is 2.37. The second-order valence-corrected chi connectivity index (χ2v) is 4.33. The minimum atomic E-state index is 0.541. The molecule has 0 radical (unpaired) electrons. The third-order valence-corrected chi connectivity index (χ3v) is 2.96. The molecule has 0 aliphatic heterocycles. The van der Waals surface area contributed by atoms with Crippen molar-refractivity contribution in [3.8, 4) is 0 Å². The van der Waals surface area contributed by atoms with Gasteiger partial charge in [0.05, 0.1) is 0 Å². The zero-order valence-electron chi connectivity index (χ0n) is 11.2. The fourth-order valence-electron chi connectivity index (χ4n) is 1.91. The number of hydrogen-bond donors (Lipinski definition) is 2. The molecule has 1 rings (SSSR count). The fourth-order valence-corrected chi connectivity index (χ4v) is 1.91. The molecule has 0 atom stereocenters. The molecule has 0 unspecified atom stereocenters. The molecular weight excluding hydrogens is 224 g/mol. The predicted octanol–water partition coefficient (Wildman–Crippen LogP) is 3.16. The van der Waals surface area contributed by atoms with Crippen molar-refractivity contribution < 1.29 is 4.79 Å². The molecule has 96 valence electrons. The van der Waals surface area contributed by atoms with Crippen LogP contribution < -0.4 is 5.32 Å². The molecule has 0 fully saturated rings. The highest BCUT2D eigenvalue weighted by molar-refractivity contribution is 6.21. The van der Waals surface area contributed by atoms with Gasteiger partial charge in [0, 0.05) is 17.8 Å². The summed E-state index contributed by atoms with van der Waals surface area (Å²) in [6, 6.07) is 7.98. The van der Waals surface area contributed by atoms with Crippen LogP contribution in [-0.4, -0.2) is 12.1 Å². The Hall–Kier alpha value is -1.90. The van der Waals surface area contributed by atoms with Crippen LogP contribution in [0.2, 0.25) is 0 Å². The highest BCUT2D eigenvalue weighted by atomic mass is 16.1. The summed E-state index contributed by atoms with van der Waals surface area (Å²) in [5, 5.41) is 10.5. The molecule has 0 bridgehead atoms. The van der Waals surface area contributed by atoms with E-state index >= 15 is 0 Å². The van der Waals surface area contributed by atoms with Crippen molar-refractivity contribution in [1.29, 1.82) is 5.41 Å². The van der Waals surface area contributed by atoms with Crippen LogP contribution >= 0.6 is 0 Å². The summed E-state index contributed by atoms with van der Waals surface area (Å²) < 4.78 is 0. The van der Waals surface area contributed by atoms with Gasteiger partial charge in [-0.2, -0.15) is 0 Å². The molecular formula is C15H20N2O. The third-order valence-electron chi connectivity index (χ3n) is 2.96. The second-order valence-electron chi connectivity index (χ2n) is 4.33. The Labute approximate surface area is 108 Å². The largest absolute Gasteiger partial charge is 0.355 e. The van der Waals surface area contributed by atoms with Crippen molar-refractivity contribution in [2.24, 2.45) is 0 Å². The van der Waals surface area contributed by atoms with Gasteiger partial charge in [0.25, 0.3) is 0 Å². The van der Waals surface area contributed by atoms with Crippen LogP contribution in [0.1, 0.15) is 38.3 Å². The van der Waals surface area contributed by atoms with Gasteiger partial charge >= 0.3 is 0 Å². The summed E-state index contributed by atoms with van der Waals surface area (Å²) in [7, 11) is 0. The number of benzene rings is 1. The van der Waals surface area contributed by atoms with E-state index in [0.717, 1.165) is 23.1 Å². The number of carbonyl (C=O) groups is 1. The molecule has 1 aromatic carbocycles. The van der Waals surface area contributed by atoms with E-state index < -0.39 is 0 Å². The first kappa shape index (κ1) is 14.2. The van der Waals surface area contributed by atoms with E-state index in [2.05, 4.69) is 19.2 Å². The Morgan fingerprint density at radius 2 is 1.89 bits per heavy atom. The molecule has 1 aromatic rings. The summed E-state index contributed by atoms with van der Waals surface area (Å²) >= 11 is 0. The molecule has 0 heterocycles. The van der Waals surface area contributed by atoms with E-state index in [1.165, 1.54) is 5.57 Å². The zero-order chi connectivity index (χ0) is 13.5. The SMILES string of the molecule is CC/C(C)=C(\C(C)=N)c1ccc(CNC=O)cc1. The van der Waals surface area contributed by atoms with Crippen LogP contribution in [0.4, 0.5) is 0 Å². The summed E-state index contributed by atoms with van der Waals surface area (Å²) in [6.07, 6.45) is 1.64. The first-order valence-electron chi connectivity index (χ1n) is 6.11. The Morgan fingerprint density at radius 3 is 2.33 bits per heavy atom. The molecule has 0 spiro atoms. The van der Waals surface area contributed by atoms with Crippen molar-refractivity contribution in [3.63, 3.8) is 0 Å². The van der Waals surface area contributed by atoms with E-state index in [1.54, 1.807) is 0 Å². The number of amides is 1. The third kappa shape index (κ3) is 3.55. The number of allylic oxidation sites excluding steroid dienone is 2. The van der Waals surface area contributed by atoms with Gasteiger partial charge in [-0.15, -0.1) is 0 Å². The number of nitrogens with one attached hydrogen (secondary N) is 2. The summed E-state index contributed by atoms with van der Waals surface area (Å²) in [5.41, 5.74) is 4.96. The molecule has 2 N–H and O–H groups in total. The normalized spacial score (nSPS) is 11.7. The zero-order valence-corrected chi connectivity index (χ0v) is 11.2. The van der Waals surface area contributed by atoms with E-state index in [1.807, 2.05) is 31.2 Å². The van der Waals surface area contributed by atoms with Crippen LogP contribution in [-0.2, 0) is 11.3 Å². The van der Waals surface area contributed by atoms with Crippen LogP contribution in [0, 0.1) is 5.41 Å². The predicted molar refractivity (Wildman–Crippen MR) is 75.6 cm³/mol. The standard InChI is InChI=1S/C15H20N2O/c1-4-11(2)15(12(3)16)14-7-5-13(6-8-14)9-17-10-18/h5-8,10,16H,4,9H2,1-3H3,(H,17,18)/b15-11+,16-12?. The first-order chi connectivity index (χ1) is 8.60. The number of carbonyl (C=O) groups excluding carboxylic acids is 1. The molecule has 3 heteroatoms. The lowest BCUT2D eigenvalue weighted by Crippen LogP contribution is -2.09. The van der Waals surface area contributed by atoms with E-state index in [-0.39, 0.29) is 0 Å². The maximum Gasteiger partial charge on any atom is 0.207 e. The fraction of sp³-hybridized carbons (Fsp3) is 0.333. The molecule has 0 aromatic heterocycles. The van der Waals surface area contributed by atoms with Crippen LogP contribution in [0.25, 0.3) is 5.57 Å². The minimum Gasteiger partial charge on any atom is -0.355 e. The van der Waals surface area contributed by atoms with Gasteiger partial charge in [-0.05, 0) is 31.4 Å². The number of rotatable bonds is 6. The number of hydrogen-bond acceptors (Lipinski definition) is 2. The van der Waals surface area contributed by atoms with Crippen LogP contribution in [0.5, 0.6) is 0 Å².